The lowest BCUT2D eigenvalue weighted by Crippen LogP contribution is -2.55. The Balaban J connectivity index is 2.51. The Bertz CT molecular complexity index is 340. The van der Waals surface area contributed by atoms with E-state index in [9.17, 15) is 4.79 Å². The van der Waals surface area contributed by atoms with Crippen LogP contribution in [-0.2, 0) is 4.79 Å². The van der Waals surface area contributed by atoms with Crippen molar-refractivity contribution in [1.29, 1.82) is 0 Å². The molecule has 0 spiro atoms. The van der Waals surface area contributed by atoms with Crippen LogP contribution in [0.4, 0.5) is 0 Å². The van der Waals surface area contributed by atoms with Crippen molar-refractivity contribution >= 4 is 23.1 Å². The molecular weight excluding hydrogens is 282 g/mol. The molecule has 0 radical (unpaired) electrons. The van der Waals surface area contributed by atoms with Crippen molar-refractivity contribution in [3.8, 4) is 0 Å². The fourth-order valence-electron chi connectivity index (χ4n) is 3.10. The fraction of sp³-hybridized carbons (Fsp3) is 0.875. The smallest absolute Gasteiger partial charge is 0.225 e. The molecule has 0 aliphatic carbocycles. The average molecular weight is 314 g/mol. The van der Waals surface area contributed by atoms with Gasteiger partial charge in [-0.3, -0.25) is 9.69 Å². The highest BCUT2D eigenvalue weighted by atomic mass is 32.1. The molecule has 2 atom stereocenters. The molecule has 0 bridgehead atoms. The number of nitrogens with zero attached hydrogens (tertiary/aromatic N) is 2. The molecule has 0 saturated carbocycles. The Labute approximate surface area is 135 Å². The van der Waals surface area contributed by atoms with Gasteiger partial charge in [0.25, 0.3) is 0 Å². The summed E-state index contributed by atoms with van der Waals surface area (Å²) in [7, 11) is 0. The fourth-order valence-corrected chi connectivity index (χ4v) is 3.42. The lowest BCUT2D eigenvalue weighted by molar-refractivity contribution is -0.137. The van der Waals surface area contributed by atoms with Crippen LogP contribution in [0.25, 0.3) is 0 Å². The van der Waals surface area contributed by atoms with Crippen LogP contribution in [0.5, 0.6) is 0 Å². The van der Waals surface area contributed by atoms with Crippen LogP contribution in [0.1, 0.15) is 52.9 Å². The summed E-state index contributed by atoms with van der Waals surface area (Å²) < 4.78 is 0. The molecule has 0 aromatic carbocycles. The van der Waals surface area contributed by atoms with Gasteiger partial charge in [-0.25, -0.2) is 0 Å². The number of carbonyl (C=O) groups excluding carboxylic acids is 1. The van der Waals surface area contributed by atoms with Crippen molar-refractivity contribution in [3.63, 3.8) is 0 Å². The van der Waals surface area contributed by atoms with Crippen molar-refractivity contribution < 1.29 is 4.79 Å². The van der Waals surface area contributed by atoms with Gasteiger partial charge in [-0.15, -0.1) is 0 Å². The van der Waals surface area contributed by atoms with Gasteiger partial charge in [0.15, 0.2) is 0 Å². The first-order valence-electron chi connectivity index (χ1n) is 8.37. The zero-order valence-electron chi connectivity index (χ0n) is 13.8. The van der Waals surface area contributed by atoms with Gasteiger partial charge >= 0.3 is 0 Å². The van der Waals surface area contributed by atoms with E-state index in [4.69, 9.17) is 18.0 Å². The molecule has 1 rings (SSSR count). The predicted molar refractivity (Wildman–Crippen MR) is 92.3 cm³/mol. The van der Waals surface area contributed by atoms with Crippen molar-refractivity contribution in [2.24, 2.45) is 11.7 Å². The highest BCUT2D eigenvalue weighted by Gasteiger charge is 2.29. The molecule has 122 valence electrons. The number of hydrogen-bond donors (Lipinski definition) is 1. The Morgan fingerprint density at radius 1 is 1.14 bits per heavy atom. The maximum atomic E-state index is 12.6. The number of rotatable bonds is 8. The number of carbonyl (C=O) groups is 1. The second-order valence-corrected chi connectivity index (χ2v) is 6.41. The number of piperazine rings is 1. The molecule has 1 saturated heterocycles. The molecule has 2 N–H and O–H groups in total. The van der Waals surface area contributed by atoms with Crippen molar-refractivity contribution in [2.45, 2.75) is 58.9 Å². The minimum Gasteiger partial charge on any atom is -0.392 e. The van der Waals surface area contributed by atoms with Crippen LogP contribution in [0.15, 0.2) is 0 Å². The second kappa shape index (κ2) is 9.36. The lowest BCUT2D eigenvalue weighted by Gasteiger charge is -2.39. The van der Waals surface area contributed by atoms with Gasteiger partial charge in [-0.1, -0.05) is 45.8 Å². The van der Waals surface area contributed by atoms with Gasteiger partial charge in [0.1, 0.15) is 0 Å². The second-order valence-electron chi connectivity index (χ2n) is 5.94. The van der Waals surface area contributed by atoms with Gasteiger partial charge in [-0.2, -0.15) is 0 Å². The topological polar surface area (TPSA) is 49.6 Å². The van der Waals surface area contributed by atoms with E-state index in [0.29, 0.717) is 10.9 Å². The summed E-state index contributed by atoms with van der Waals surface area (Å²) in [6.45, 7) is 9.78. The van der Waals surface area contributed by atoms with Crippen molar-refractivity contribution in [1.82, 2.24) is 9.80 Å². The highest BCUT2D eigenvalue weighted by molar-refractivity contribution is 7.80. The van der Waals surface area contributed by atoms with Crippen molar-refractivity contribution in [2.75, 3.05) is 26.2 Å². The van der Waals surface area contributed by atoms with E-state index in [0.717, 1.165) is 58.3 Å². The molecule has 0 aromatic heterocycles. The van der Waals surface area contributed by atoms with Gasteiger partial charge in [0, 0.05) is 32.1 Å². The maximum absolute atomic E-state index is 12.6. The largest absolute Gasteiger partial charge is 0.392 e. The number of thiocarbonyl (C=S) groups is 1. The van der Waals surface area contributed by atoms with Crippen LogP contribution in [0, 0.1) is 5.92 Å². The Morgan fingerprint density at radius 3 is 2.19 bits per heavy atom. The van der Waals surface area contributed by atoms with Crippen molar-refractivity contribution in [3.05, 3.63) is 0 Å². The first kappa shape index (κ1) is 18.4. The minimum absolute atomic E-state index is 0.180. The third kappa shape index (κ3) is 5.22. The van der Waals surface area contributed by atoms with E-state index in [-0.39, 0.29) is 12.0 Å². The van der Waals surface area contributed by atoms with Crippen LogP contribution in [0.2, 0.25) is 0 Å². The summed E-state index contributed by atoms with van der Waals surface area (Å²) in [4.78, 5) is 17.5. The van der Waals surface area contributed by atoms with Crippen LogP contribution < -0.4 is 5.73 Å². The first-order chi connectivity index (χ1) is 10.0. The van der Waals surface area contributed by atoms with Crippen LogP contribution in [-0.4, -0.2) is 52.9 Å². The molecule has 1 fully saturated rings. The third-order valence-corrected chi connectivity index (χ3v) is 4.80. The molecule has 0 aromatic rings. The predicted octanol–water partition coefficient (Wildman–Crippen LogP) is 2.41. The molecule has 2 unspecified atom stereocenters. The quantitative estimate of drug-likeness (QED) is 0.699. The van der Waals surface area contributed by atoms with Gasteiger partial charge in [0.05, 0.1) is 11.0 Å². The Morgan fingerprint density at radius 2 is 1.76 bits per heavy atom. The van der Waals surface area contributed by atoms with Gasteiger partial charge < -0.3 is 10.6 Å². The number of unbranched alkanes of at least 4 members (excludes halogenated alkanes) is 1. The van der Waals surface area contributed by atoms with Gasteiger partial charge in [0.2, 0.25) is 5.91 Å². The number of amides is 1. The zero-order chi connectivity index (χ0) is 15.8. The first-order valence-corrected chi connectivity index (χ1v) is 8.78. The maximum Gasteiger partial charge on any atom is 0.225 e. The number of hydrogen-bond acceptors (Lipinski definition) is 3. The lowest BCUT2D eigenvalue weighted by atomic mass is 9.97. The third-order valence-electron chi connectivity index (χ3n) is 4.53. The normalized spacial score (nSPS) is 19.3. The highest BCUT2D eigenvalue weighted by Crippen LogP contribution is 2.18. The van der Waals surface area contributed by atoms with E-state index in [1.165, 1.54) is 0 Å². The zero-order valence-corrected chi connectivity index (χ0v) is 14.6. The molecule has 1 aliphatic heterocycles. The molecule has 5 heteroatoms. The Hall–Kier alpha value is -0.680. The summed E-state index contributed by atoms with van der Waals surface area (Å²) in [5.41, 5.74) is 5.81. The SMILES string of the molecule is CCCCC(CC)C(=O)N1CCN(C(CC)C(N)=S)CC1. The molecular formula is C16H31N3OS. The summed E-state index contributed by atoms with van der Waals surface area (Å²) >= 11 is 5.14. The summed E-state index contributed by atoms with van der Waals surface area (Å²) in [6, 6.07) is 0.180. The summed E-state index contributed by atoms with van der Waals surface area (Å²) in [5, 5.41) is 0. The van der Waals surface area contributed by atoms with E-state index in [2.05, 4.69) is 25.7 Å². The van der Waals surface area contributed by atoms with Crippen LogP contribution in [0.3, 0.4) is 0 Å². The van der Waals surface area contributed by atoms with E-state index in [1.54, 1.807) is 0 Å². The Kier molecular flexibility index (Phi) is 8.19. The monoisotopic (exact) mass is 313 g/mol. The standard InChI is InChI=1S/C16H31N3OS/c1-4-7-8-13(5-2)16(20)19-11-9-18(10-12-19)14(6-3)15(17)21/h13-14H,4-12H2,1-3H3,(H2,17,21). The molecule has 1 aliphatic rings. The van der Waals surface area contributed by atoms with E-state index < -0.39 is 0 Å². The number of nitrogens with two attached hydrogens (primary N) is 1. The molecule has 1 heterocycles. The summed E-state index contributed by atoms with van der Waals surface area (Å²) in [6.07, 6.45) is 5.21. The van der Waals surface area contributed by atoms with E-state index >= 15 is 0 Å². The minimum atomic E-state index is 0.180. The molecule has 1 amide bonds. The van der Waals surface area contributed by atoms with Crippen LogP contribution >= 0.6 is 12.2 Å². The molecule has 4 nitrogen and oxygen atoms in total. The summed E-state index contributed by atoms with van der Waals surface area (Å²) in [5.74, 6) is 0.544. The van der Waals surface area contributed by atoms with Gasteiger partial charge in [-0.05, 0) is 19.3 Å². The average Bonchev–Trinajstić information content (AvgIpc) is 2.49. The molecule has 21 heavy (non-hydrogen) atoms. The van der Waals surface area contributed by atoms with E-state index in [1.807, 2.05) is 4.90 Å².